The van der Waals surface area contributed by atoms with Crippen molar-refractivity contribution in [3.8, 4) is 0 Å². The Morgan fingerprint density at radius 3 is 2.31 bits per heavy atom. The van der Waals surface area contributed by atoms with E-state index in [-0.39, 0.29) is 23.7 Å². The molecule has 1 aromatic heterocycles. The van der Waals surface area contributed by atoms with Gasteiger partial charge in [0, 0.05) is 25.3 Å². The van der Waals surface area contributed by atoms with Gasteiger partial charge >= 0.3 is 11.9 Å². The highest BCUT2D eigenvalue weighted by Crippen LogP contribution is 2.29. The predicted molar refractivity (Wildman–Crippen MR) is 113 cm³/mol. The molecule has 1 saturated heterocycles. The van der Waals surface area contributed by atoms with Crippen molar-refractivity contribution in [2.45, 2.75) is 32.6 Å². The summed E-state index contributed by atoms with van der Waals surface area (Å²) in [5.74, 6) is -0.701. The van der Waals surface area contributed by atoms with E-state index in [0.29, 0.717) is 32.7 Å². The second kappa shape index (κ2) is 9.47. The number of ether oxygens (including phenoxy) is 1. The van der Waals surface area contributed by atoms with Crippen molar-refractivity contribution < 1.29 is 22.7 Å². The lowest BCUT2D eigenvalue weighted by atomic mass is 10.2. The highest BCUT2D eigenvalue weighted by atomic mass is 19.4. The predicted octanol–water partition coefficient (Wildman–Crippen LogP) is 1.50. The molecular weight excluding hydrogens is 431 g/mol. The Morgan fingerprint density at radius 1 is 1.12 bits per heavy atom. The third kappa shape index (κ3) is 4.96. The van der Waals surface area contributed by atoms with Gasteiger partial charge in [-0.1, -0.05) is 6.92 Å². The lowest BCUT2D eigenvalue weighted by molar-refractivity contribution is -0.137. The molecule has 0 unspecified atom stereocenters. The van der Waals surface area contributed by atoms with Crippen LogP contribution >= 0.6 is 0 Å². The molecule has 12 heteroatoms. The Bertz CT molecular complexity index is 1090. The van der Waals surface area contributed by atoms with Gasteiger partial charge in [0.25, 0.3) is 5.56 Å². The number of alkyl halides is 3. The zero-order valence-corrected chi connectivity index (χ0v) is 17.4. The van der Waals surface area contributed by atoms with Gasteiger partial charge in [-0.15, -0.1) is 0 Å². The van der Waals surface area contributed by atoms with Gasteiger partial charge in [-0.2, -0.15) is 13.2 Å². The van der Waals surface area contributed by atoms with Crippen molar-refractivity contribution in [1.82, 2.24) is 9.13 Å². The van der Waals surface area contributed by atoms with E-state index in [2.05, 4.69) is 5.32 Å². The van der Waals surface area contributed by atoms with Crippen LogP contribution in [0.15, 0.2) is 33.9 Å². The summed E-state index contributed by atoms with van der Waals surface area (Å²) in [7, 11) is 0. The lowest BCUT2D eigenvalue weighted by Crippen LogP contribution is -2.48. The van der Waals surface area contributed by atoms with Gasteiger partial charge < -0.3 is 20.7 Å². The van der Waals surface area contributed by atoms with Crippen molar-refractivity contribution in [3.63, 3.8) is 0 Å². The summed E-state index contributed by atoms with van der Waals surface area (Å²) < 4.78 is 45.4. The van der Waals surface area contributed by atoms with Gasteiger partial charge in [0.2, 0.25) is 5.91 Å². The number of carbonyl (C=O) groups is 1. The number of nitrogens with two attached hydrogens (primary N) is 1. The van der Waals surface area contributed by atoms with Crippen LogP contribution < -0.4 is 27.2 Å². The molecule has 1 amide bonds. The zero-order chi connectivity index (χ0) is 23.5. The zero-order valence-electron chi connectivity index (χ0n) is 17.4. The fourth-order valence-electron chi connectivity index (χ4n) is 3.45. The molecule has 0 atom stereocenters. The number of amides is 1. The van der Waals surface area contributed by atoms with Crippen LogP contribution in [-0.4, -0.2) is 41.3 Å². The van der Waals surface area contributed by atoms with Crippen LogP contribution in [-0.2, 0) is 28.8 Å². The van der Waals surface area contributed by atoms with Gasteiger partial charge in [-0.25, -0.2) is 9.36 Å². The van der Waals surface area contributed by atoms with Gasteiger partial charge in [-0.3, -0.25) is 14.2 Å². The first-order valence-electron chi connectivity index (χ1n) is 10.1. The number of aromatic nitrogens is 2. The summed E-state index contributed by atoms with van der Waals surface area (Å²) in [6.45, 7) is 3.07. The van der Waals surface area contributed by atoms with Gasteiger partial charge in [0.15, 0.2) is 0 Å². The fourth-order valence-corrected chi connectivity index (χ4v) is 3.45. The molecule has 1 aliphatic heterocycles. The minimum Gasteiger partial charge on any atom is -0.383 e. The van der Waals surface area contributed by atoms with E-state index in [1.54, 1.807) is 4.90 Å². The fraction of sp³-hybridized carbons (Fsp3) is 0.450. The third-order valence-electron chi connectivity index (χ3n) is 5.02. The molecule has 0 saturated carbocycles. The number of carbonyl (C=O) groups excluding carboxylic acids is 1. The van der Waals surface area contributed by atoms with Crippen LogP contribution in [0.25, 0.3) is 0 Å². The summed E-state index contributed by atoms with van der Waals surface area (Å²) in [6, 6.07) is 3.85. The van der Waals surface area contributed by atoms with E-state index in [1.165, 1.54) is 4.57 Å². The second-order valence-electron chi connectivity index (χ2n) is 7.28. The molecule has 2 aromatic rings. The minimum absolute atomic E-state index is 0.0307. The maximum Gasteiger partial charge on any atom is 0.416 e. The first-order chi connectivity index (χ1) is 15.1. The van der Waals surface area contributed by atoms with Crippen molar-refractivity contribution in [2.75, 3.05) is 42.3 Å². The van der Waals surface area contributed by atoms with Crippen molar-refractivity contribution in [1.29, 1.82) is 0 Å². The van der Waals surface area contributed by atoms with Crippen LogP contribution in [0.1, 0.15) is 18.9 Å². The van der Waals surface area contributed by atoms with E-state index in [4.69, 9.17) is 10.5 Å². The highest BCUT2D eigenvalue weighted by molar-refractivity contribution is 5.90. The van der Waals surface area contributed by atoms with Crippen LogP contribution in [0.5, 0.6) is 0 Å². The van der Waals surface area contributed by atoms with Crippen LogP contribution in [0, 0.1) is 0 Å². The van der Waals surface area contributed by atoms with Crippen molar-refractivity contribution >= 4 is 23.1 Å². The Labute approximate surface area is 181 Å². The number of hydrogen-bond acceptors (Lipinski definition) is 6. The van der Waals surface area contributed by atoms with E-state index >= 15 is 0 Å². The first-order valence-corrected chi connectivity index (χ1v) is 10.1. The number of anilines is 3. The minimum atomic E-state index is -4.50. The molecule has 3 N–H and O–H groups in total. The molecule has 1 aliphatic rings. The number of benzene rings is 1. The van der Waals surface area contributed by atoms with E-state index in [9.17, 15) is 27.6 Å². The van der Waals surface area contributed by atoms with Gasteiger partial charge in [0.05, 0.1) is 18.8 Å². The monoisotopic (exact) mass is 455 g/mol. The average molecular weight is 455 g/mol. The van der Waals surface area contributed by atoms with Crippen LogP contribution in [0.2, 0.25) is 0 Å². The third-order valence-corrected chi connectivity index (χ3v) is 5.02. The standard InChI is InChI=1S/C20H24F3N5O4/c1-2-7-27-17(24)16(26-8-10-32-11-9-26)18(30)28(19(27)31)12-15(29)25-14-5-3-13(4-6-14)20(21,22)23/h3-6H,2,7-12,24H2,1H3,(H,25,29). The average Bonchev–Trinajstić information content (AvgIpc) is 2.75. The van der Waals surface area contributed by atoms with E-state index in [1.807, 2.05) is 6.92 Å². The molecule has 32 heavy (non-hydrogen) atoms. The molecule has 0 bridgehead atoms. The molecule has 1 aromatic carbocycles. The molecule has 3 rings (SSSR count). The van der Waals surface area contributed by atoms with Crippen LogP contribution in [0.4, 0.5) is 30.4 Å². The number of morpholine rings is 1. The van der Waals surface area contributed by atoms with E-state index in [0.717, 1.165) is 28.8 Å². The Hall–Kier alpha value is -3.28. The molecule has 2 heterocycles. The number of nitrogen functional groups attached to an aromatic ring is 1. The second-order valence-corrected chi connectivity index (χ2v) is 7.28. The van der Waals surface area contributed by atoms with Crippen molar-refractivity contribution in [3.05, 3.63) is 50.7 Å². The lowest BCUT2D eigenvalue weighted by Gasteiger charge is -2.30. The molecule has 0 aliphatic carbocycles. The van der Waals surface area contributed by atoms with Crippen molar-refractivity contribution in [2.24, 2.45) is 0 Å². The Kier molecular flexibility index (Phi) is 6.92. The molecule has 174 valence electrons. The number of nitrogens with one attached hydrogen (secondary N) is 1. The SMILES string of the molecule is CCCn1c(N)c(N2CCOCC2)c(=O)n(CC(=O)Nc2ccc(C(F)(F)F)cc2)c1=O. The number of hydrogen-bond donors (Lipinski definition) is 2. The van der Waals surface area contributed by atoms with Crippen LogP contribution in [0.3, 0.4) is 0 Å². The highest BCUT2D eigenvalue weighted by Gasteiger charge is 2.30. The quantitative estimate of drug-likeness (QED) is 0.683. The molecular formula is C20H24F3N5O4. The Morgan fingerprint density at radius 2 is 1.75 bits per heavy atom. The smallest absolute Gasteiger partial charge is 0.383 e. The molecule has 9 nitrogen and oxygen atoms in total. The topological polar surface area (TPSA) is 112 Å². The van der Waals surface area contributed by atoms with Gasteiger partial charge in [0.1, 0.15) is 18.1 Å². The summed E-state index contributed by atoms with van der Waals surface area (Å²) in [6.07, 6.45) is -3.93. The largest absolute Gasteiger partial charge is 0.416 e. The number of rotatable bonds is 6. The number of nitrogens with zero attached hydrogens (tertiary/aromatic N) is 3. The summed E-state index contributed by atoms with van der Waals surface area (Å²) >= 11 is 0. The maximum atomic E-state index is 13.1. The first kappa shape index (κ1) is 23.4. The normalized spacial score (nSPS) is 14.4. The Balaban J connectivity index is 1.91. The van der Waals surface area contributed by atoms with E-state index < -0.39 is 35.4 Å². The number of halogens is 3. The molecule has 0 radical (unpaired) electrons. The summed E-state index contributed by atoms with van der Waals surface area (Å²) in [5.41, 5.74) is 4.09. The summed E-state index contributed by atoms with van der Waals surface area (Å²) in [4.78, 5) is 40.2. The molecule has 1 fully saturated rings. The summed E-state index contributed by atoms with van der Waals surface area (Å²) in [5, 5.41) is 2.41. The maximum absolute atomic E-state index is 13.1. The molecule has 0 spiro atoms. The van der Waals surface area contributed by atoms with Gasteiger partial charge in [-0.05, 0) is 30.7 Å².